The van der Waals surface area contributed by atoms with Gasteiger partial charge >= 0.3 is 10.3 Å². The number of halogens is 1. The van der Waals surface area contributed by atoms with Gasteiger partial charge in [0.2, 0.25) is 0 Å². The maximum atomic E-state index is 11.5. The van der Waals surface area contributed by atoms with E-state index in [2.05, 4.69) is 20.1 Å². The normalized spacial score (nSPS) is 11.8. The summed E-state index contributed by atoms with van der Waals surface area (Å²) < 4.78 is 32.9. The first-order valence-corrected chi connectivity index (χ1v) is 9.10. The molecule has 0 fully saturated rings. The predicted octanol–water partition coefficient (Wildman–Crippen LogP) is 2.86. The van der Waals surface area contributed by atoms with Crippen LogP contribution in [0.15, 0.2) is 55.1 Å². The van der Waals surface area contributed by atoms with Crippen molar-refractivity contribution in [1.29, 1.82) is 0 Å². The molecule has 4 aromatic rings. The van der Waals surface area contributed by atoms with E-state index in [-0.39, 0.29) is 5.15 Å². The van der Waals surface area contributed by atoms with Gasteiger partial charge in [-0.25, -0.2) is 9.97 Å². The summed E-state index contributed by atoms with van der Waals surface area (Å²) in [6, 6.07) is 10.4. The van der Waals surface area contributed by atoms with Crippen LogP contribution in [-0.2, 0) is 10.3 Å². The Hall–Kier alpha value is -2.88. The average molecular weight is 388 g/mol. The third-order valence-electron chi connectivity index (χ3n) is 3.73. The summed E-state index contributed by atoms with van der Waals surface area (Å²) in [5.74, 6) is 0. The Morgan fingerprint density at radius 1 is 1.08 bits per heavy atom. The largest absolute Gasteiger partial charge is 0.379 e. The van der Waals surface area contributed by atoms with E-state index >= 15 is 0 Å². The molecule has 1 aromatic carbocycles. The summed E-state index contributed by atoms with van der Waals surface area (Å²) in [7, 11) is -4.54. The summed E-state index contributed by atoms with van der Waals surface area (Å²) in [6.07, 6.45) is 4.15. The van der Waals surface area contributed by atoms with Crippen LogP contribution in [-0.4, -0.2) is 37.1 Å². The van der Waals surface area contributed by atoms with E-state index in [1.54, 1.807) is 42.6 Å². The van der Waals surface area contributed by atoms with Gasteiger partial charge in [0.1, 0.15) is 17.2 Å². The van der Waals surface area contributed by atoms with E-state index in [0.717, 1.165) is 0 Å². The van der Waals surface area contributed by atoms with Crippen LogP contribution in [0.3, 0.4) is 0 Å². The third kappa shape index (κ3) is 2.92. The number of rotatable bonds is 3. The molecule has 130 valence electrons. The van der Waals surface area contributed by atoms with Gasteiger partial charge in [-0.05, 0) is 29.8 Å². The second-order valence-electron chi connectivity index (χ2n) is 5.35. The minimum Gasteiger partial charge on any atom is -0.268 e. The molecule has 10 heteroatoms. The average Bonchev–Trinajstić information content (AvgIpc) is 3.08. The first-order chi connectivity index (χ1) is 12.4. The van der Waals surface area contributed by atoms with E-state index in [0.29, 0.717) is 37.5 Å². The number of pyridine rings is 1. The lowest BCUT2D eigenvalue weighted by atomic mass is 10.0. The van der Waals surface area contributed by atoms with Crippen LogP contribution in [0.25, 0.3) is 33.4 Å². The molecule has 4 rings (SSSR count). The summed E-state index contributed by atoms with van der Waals surface area (Å²) in [5, 5.41) is 4.87. The second kappa shape index (κ2) is 6.13. The van der Waals surface area contributed by atoms with Crippen molar-refractivity contribution in [3.05, 3.63) is 60.3 Å². The van der Waals surface area contributed by atoms with E-state index in [1.165, 1.54) is 12.5 Å². The molecule has 0 radical (unpaired) electrons. The smallest absolute Gasteiger partial charge is 0.268 e. The van der Waals surface area contributed by atoms with Crippen LogP contribution < -0.4 is 0 Å². The standard InChI is InChI=1S/C16H10ClN5O3S/c17-16-11-7-10(4-5-13(11)19-9-20-16)12-8-22(26(23,24)25)21-15(12)14-3-1-2-6-18-14/h1-9H,(H,23,24,25). The van der Waals surface area contributed by atoms with Gasteiger partial charge in [0.25, 0.3) is 0 Å². The van der Waals surface area contributed by atoms with Crippen LogP contribution in [0, 0.1) is 0 Å². The van der Waals surface area contributed by atoms with Crippen molar-refractivity contribution in [1.82, 2.24) is 24.1 Å². The molecule has 0 aliphatic carbocycles. The number of aromatic nitrogens is 5. The molecule has 3 aromatic heterocycles. The van der Waals surface area contributed by atoms with Gasteiger partial charge in [-0.15, -0.1) is 4.09 Å². The molecule has 0 spiro atoms. The number of hydrogen-bond acceptors (Lipinski definition) is 6. The lowest BCUT2D eigenvalue weighted by Crippen LogP contribution is -2.11. The Kier molecular flexibility index (Phi) is 3.91. The molecule has 0 amide bonds. The van der Waals surface area contributed by atoms with Crippen LogP contribution in [0.1, 0.15) is 0 Å². The summed E-state index contributed by atoms with van der Waals surface area (Å²) >= 11 is 6.13. The molecule has 0 saturated carbocycles. The molecule has 0 atom stereocenters. The Morgan fingerprint density at radius 3 is 2.65 bits per heavy atom. The van der Waals surface area contributed by atoms with Gasteiger partial charge in [-0.2, -0.15) is 13.5 Å². The molecular formula is C16H10ClN5O3S. The third-order valence-corrected chi connectivity index (χ3v) is 4.70. The van der Waals surface area contributed by atoms with E-state index in [4.69, 9.17) is 11.6 Å². The highest BCUT2D eigenvalue weighted by atomic mass is 35.5. The molecular weight excluding hydrogens is 378 g/mol. The van der Waals surface area contributed by atoms with E-state index < -0.39 is 10.3 Å². The lowest BCUT2D eigenvalue weighted by Gasteiger charge is -2.04. The van der Waals surface area contributed by atoms with Crippen molar-refractivity contribution in [3.8, 4) is 22.5 Å². The Morgan fingerprint density at radius 2 is 1.92 bits per heavy atom. The maximum Gasteiger partial charge on any atom is 0.379 e. The quantitative estimate of drug-likeness (QED) is 0.425. The lowest BCUT2D eigenvalue weighted by molar-refractivity contribution is 0.466. The number of hydrogen-bond donors (Lipinski definition) is 1. The van der Waals surface area contributed by atoms with Crippen LogP contribution in [0.5, 0.6) is 0 Å². The first kappa shape index (κ1) is 16.6. The van der Waals surface area contributed by atoms with Gasteiger partial charge < -0.3 is 0 Å². The minimum atomic E-state index is -4.54. The zero-order valence-electron chi connectivity index (χ0n) is 13.0. The van der Waals surface area contributed by atoms with Gasteiger partial charge in [0.05, 0.1) is 17.4 Å². The second-order valence-corrected chi connectivity index (χ2v) is 6.98. The molecule has 0 aliphatic heterocycles. The van der Waals surface area contributed by atoms with Gasteiger partial charge in [0, 0.05) is 17.1 Å². The van der Waals surface area contributed by atoms with Gasteiger partial charge in [-0.1, -0.05) is 23.7 Å². The van der Waals surface area contributed by atoms with Gasteiger partial charge in [-0.3, -0.25) is 9.54 Å². The van der Waals surface area contributed by atoms with Crippen molar-refractivity contribution in [2.45, 2.75) is 0 Å². The van der Waals surface area contributed by atoms with Crippen molar-refractivity contribution >= 4 is 32.8 Å². The zero-order valence-corrected chi connectivity index (χ0v) is 14.6. The molecule has 0 bridgehead atoms. The van der Waals surface area contributed by atoms with Crippen LogP contribution in [0.2, 0.25) is 5.15 Å². The first-order valence-electron chi connectivity index (χ1n) is 7.33. The molecule has 3 heterocycles. The molecule has 0 saturated heterocycles. The van der Waals surface area contributed by atoms with Crippen LogP contribution in [0.4, 0.5) is 0 Å². The molecule has 1 N–H and O–H groups in total. The monoisotopic (exact) mass is 387 g/mol. The molecule has 0 aliphatic rings. The molecule has 8 nitrogen and oxygen atoms in total. The fourth-order valence-corrected chi connectivity index (χ4v) is 3.19. The van der Waals surface area contributed by atoms with E-state index in [1.807, 2.05) is 0 Å². The minimum absolute atomic E-state index is 0.276. The Labute approximate surface area is 153 Å². The summed E-state index contributed by atoms with van der Waals surface area (Å²) in [6.45, 7) is 0. The van der Waals surface area contributed by atoms with Crippen molar-refractivity contribution in [3.63, 3.8) is 0 Å². The van der Waals surface area contributed by atoms with Crippen LogP contribution >= 0.6 is 11.6 Å². The summed E-state index contributed by atoms with van der Waals surface area (Å²) in [5.41, 5.74) is 2.50. The van der Waals surface area contributed by atoms with Crippen molar-refractivity contribution in [2.75, 3.05) is 0 Å². The SMILES string of the molecule is O=S(=O)(O)n1cc(-c2ccc3ncnc(Cl)c3c2)c(-c2ccccn2)n1. The maximum absolute atomic E-state index is 11.5. The number of nitrogens with zero attached hydrogens (tertiary/aromatic N) is 5. The Balaban J connectivity index is 1.99. The highest BCUT2D eigenvalue weighted by Crippen LogP contribution is 2.33. The topological polar surface area (TPSA) is 111 Å². The van der Waals surface area contributed by atoms with Gasteiger partial charge in [0.15, 0.2) is 0 Å². The summed E-state index contributed by atoms with van der Waals surface area (Å²) in [4.78, 5) is 12.3. The fraction of sp³-hybridized carbons (Fsp3) is 0. The van der Waals surface area contributed by atoms with E-state index in [9.17, 15) is 13.0 Å². The Bertz CT molecular complexity index is 1230. The molecule has 0 unspecified atom stereocenters. The zero-order chi connectivity index (χ0) is 18.3. The van der Waals surface area contributed by atoms with Crippen molar-refractivity contribution in [2.24, 2.45) is 0 Å². The highest BCUT2D eigenvalue weighted by molar-refractivity contribution is 7.84. The molecule has 26 heavy (non-hydrogen) atoms. The predicted molar refractivity (Wildman–Crippen MR) is 95.9 cm³/mol. The highest BCUT2D eigenvalue weighted by Gasteiger charge is 2.19. The number of benzene rings is 1. The van der Waals surface area contributed by atoms with Crippen molar-refractivity contribution < 1.29 is 13.0 Å². The number of fused-ring (bicyclic) bond motifs is 1. The fourth-order valence-electron chi connectivity index (χ4n) is 2.57.